The molecule has 1 fully saturated rings. The van der Waals surface area contributed by atoms with E-state index in [-0.39, 0.29) is 24.4 Å². The van der Waals surface area contributed by atoms with Gasteiger partial charge in [-0.15, -0.1) is 0 Å². The largest absolute Gasteiger partial charge is 0.345 e. The van der Waals surface area contributed by atoms with Gasteiger partial charge in [-0.05, 0) is 18.8 Å². The van der Waals surface area contributed by atoms with Gasteiger partial charge in [0.2, 0.25) is 11.8 Å². The first-order chi connectivity index (χ1) is 8.56. The van der Waals surface area contributed by atoms with Crippen molar-refractivity contribution >= 4 is 11.8 Å². The summed E-state index contributed by atoms with van der Waals surface area (Å²) in [5.74, 6) is 0.500. The van der Waals surface area contributed by atoms with Crippen LogP contribution in [0.25, 0.3) is 0 Å². The molecule has 1 aliphatic heterocycles. The van der Waals surface area contributed by atoms with Gasteiger partial charge in [-0.2, -0.15) is 0 Å². The molecule has 4 nitrogen and oxygen atoms in total. The molecule has 1 atom stereocenters. The van der Waals surface area contributed by atoms with E-state index in [2.05, 4.69) is 26.1 Å². The van der Waals surface area contributed by atoms with E-state index in [1.807, 2.05) is 0 Å². The summed E-state index contributed by atoms with van der Waals surface area (Å²) in [6.07, 6.45) is 5.27. The first-order valence-corrected chi connectivity index (χ1v) is 7.13. The topological polar surface area (TPSA) is 49.4 Å². The van der Waals surface area contributed by atoms with E-state index in [9.17, 15) is 9.59 Å². The summed E-state index contributed by atoms with van der Waals surface area (Å²) in [7, 11) is 0. The van der Waals surface area contributed by atoms with Crippen LogP contribution < -0.4 is 5.32 Å². The summed E-state index contributed by atoms with van der Waals surface area (Å²) in [5, 5.41) is 2.69. The van der Waals surface area contributed by atoms with E-state index in [1.165, 1.54) is 12.8 Å². The van der Waals surface area contributed by atoms with E-state index < -0.39 is 0 Å². The molecule has 0 radical (unpaired) electrons. The van der Waals surface area contributed by atoms with E-state index in [4.69, 9.17) is 0 Å². The number of rotatable bonds is 7. The van der Waals surface area contributed by atoms with Crippen LogP contribution in [0.2, 0.25) is 0 Å². The second kappa shape index (κ2) is 7.39. The highest BCUT2D eigenvalue weighted by atomic mass is 16.2. The van der Waals surface area contributed by atoms with Crippen LogP contribution in [0, 0.1) is 5.92 Å². The van der Waals surface area contributed by atoms with Gasteiger partial charge in [-0.1, -0.05) is 40.0 Å². The SMILES string of the molecule is CCCCCCN1C(=O)CNC(=O)C1CC(C)C. The lowest BCUT2D eigenvalue weighted by Gasteiger charge is -2.35. The van der Waals surface area contributed by atoms with E-state index in [1.54, 1.807) is 4.90 Å². The second-order valence-electron chi connectivity index (χ2n) is 5.51. The van der Waals surface area contributed by atoms with Crippen LogP contribution in [0.15, 0.2) is 0 Å². The van der Waals surface area contributed by atoms with E-state index in [0.717, 1.165) is 25.8 Å². The second-order valence-corrected chi connectivity index (χ2v) is 5.51. The number of nitrogens with one attached hydrogen (secondary N) is 1. The molecule has 0 saturated carbocycles. The van der Waals surface area contributed by atoms with Crippen molar-refractivity contribution in [2.24, 2.45) is 5.92 Å². The molecule has 1 rings (SSSR count). The lowest BCUT2D eigenvalue weighted by molar-refractivity contribution is -0.146. The smallest absolute Gasteiger partial charge is 0.243 e. The Kier molecular flexibility index (Phi) is 6.16. The summed E-state index contributed by atoms with van der Waals surface area (Å²) < 4.78 is 0. The Bertz CT molecular complexity index is 290. The van der Waals surface area contributed by atoms with Gasteiger partial charge in [0.1, 0.15) is 6.04 Å². The zero-order valence-electron chi connectivity index (χ0n) is 11.9. The number of piperazine rings is 1. The molecule has 0 aliphatic carbocycles. The van der Waals surface area contributed by atoms with Crippen molar-refractivity contribution in [1.29, 1.82) is 0 Å². The molecule has 0 spiro atoms. The Morgan fingerprint density at radius 3 is 2.61 bits per heavy atom. The third kappa shape index (κ3) is 4.31. The number of hydrogen-bond donors (Lipinski definition) is 1. The number of carbonyl (C=O) groups is 2. The van der Waals surface area contributed by atoms with Crippen LogP contribution >= 0.6 is 0 Å². The minimum atomic E-state index is -0.257. The van der Waals surface area contributed by atoms with Gasteiger partial charge in [0, 0.05) is 6.54 Å². The first-order valence-electron chi connectivity index (χ1n) is 7.13. The van der Waals surface area contributed by atoms with Crippen molar-refractivity contribution in [3.8, 4) is 0 Å². The van der Waals surface area contributed by atoms with Crippen LogP contribution in [-0.4, -0.2) is 35.8 Å². The Labute approximate surface area is 110 Å². The predicted octanol–water partition coefficient (Wildman–Crippen LogP) is 1.94. The number of hydrogen-bond acceptors (Lipinski definition) is 2. The van der Waals surface area contributed by atoms with Crippen LogP contribution in [-0.2, 0) is 9.59 Å². The summed E-state index contributed by atoms with van der Waals surface area (Å²) in [6.45, 7) is 7.23. The lowest BCUT2D eigenvalue weighted by atomic mass is 9.99. The Morgan fingerprint density at radius 2 is 2.00 bits per heavy atom. The molecule has 0 aromatic rings. The molecule has 1 N–H and O–H groups in total. The zero-order chi connectivity index (χ0) is 13.5. The molecule has 18 heavy (non-hydrogen) atoms. The average molecular weight is 254 g/mol. The monoisotopic (exact) mass is 254 g/mol. The standard InChI is InChI=1S/C14H26N2O2/c1-4-5-6-7-8-16-12(9-11(2)3)14(18)15-10-13(16)17/h11-12H,4-10H2,1-3H3,(H,15,18). The predicted molar refractivity (Wildman–Crippen MR) is 72.1 cm³/mol. The fraction of sp³-hybridized carbons (Fsp3) is 0.857. The molecular weight excluding hydrogens is 228 g/mol. The summed E-state index contributed by atoms with van der Waals surface area (Å²) in [4.78, 5) is 25.6. The van der Waals surface area contributed by atoms with Crippen LogP contribution in [0.3, 0.4) is 0 Å². The first kappa shape index (κ1) is 15.0. The van der Waals surface area contributed by atoms with Gasteiger partial charge in [0.15, 0.2) is 0 Å². The van der Waals surface area contributed by atoms with Gasteiger partial charge < -0.3 is 10.2 Å². The molecule has 0 bridgehead atoms. The van der Waals surface area contributed by atoms with Crippen molar-refractivity contribution in [3.05, 3.63) is 0 Å². The highest BCUT2D eigenvalue weighted by Crippen LogP contribution is 2.16. The van der Waals surface area contributed by atoms with E-state index >= 15 is 0 Å². The van der Waals surface area contributed by atoms with Gasteiger partial charge in [0.25, 0.3) is 0 Å². The Balaban J connectivity index is 2.55. The maximum absolute atomic E-state index is 11.9. The normalized spacial score (nSPS) is 20.4. The Morgan fingerprint density at radius 1 is 1.28 bits per heavy atom. The van der Waals surface area contributed by atoms with Gasteiger partial charge in [0.05, 0.1) is 6.54 Å². The maximum Gasteiger partial charge on any atom is 0.243 e. The fourth-order valence-corrected chi connectivity index (χ4v) is 2.37. The van der Waals surface area contributed by atoms with E-state index in [0.29, 0.717) is 5.92 Å². The van der Waals surface area contributed by atoms with Crippen LogP contribution in [0.1, 0.15) is 52.9 Å². The molecule has 1 unspecified atom stereocenters. The van der Waals surface area contributed by atoms with Gasteiger partial charge >= 0.3 is 0 Å². The molecule has 1 aliphatic rings. The number of unbranched alkanes of at least 4 members (excludes halogenated alkanes) is 3. The third-order valence-corrected chi connectivity index (χ3v) is 3.36. The molecule has 4 heteroatoms. The number of nitrogens with zero attached hydrogens (tertiary/aromatic N) is 1. The zero-order valence-corrected chi connectivity index (χ0v) is 11.9. The number of carbonyl (C=O) groups excluding carboxylic acids is 2. The average Bonchev–Trinajstić information content (AvgIpc) is 2.32. The molecule has 0 aromatic heterocycles. The molecule has 104 valence electrons. The molecule has 1 saturated heterocycles. The van der Waals surface area contributed by atoms with Crippen molar-refractivity contribution in [1.82, 2.24) is 10.2 Å². The van der Waals surface area contributed by atoms with Crippen molar-refractivity contribution in [2.45, 2.75) is 58.9 Å². The highest BCUT2D eigenvalue weighted by Gasteiger charge is 2.34. The molecule has 2 amide bonds. The highest BCUT2D eigenvalue weighted by molar-refractivity contribution is 5.94. The van der Waals surface area contributed by atoms with Crippen molar-refractivity contribution < 1.29 is 9.59 Å². The molecular formula is C14H26N2O2. The summed E-state index contributed by atoms with van der Waals surface area (Å²) in [6, 6.07) is -0.257. The van der Waals surface area contributed by atoms with Gasteiger partial charge in [-0.25, -0.2) is 0 Å². The summed E-state index contributed by atoms with van der Waals surface area (Å²) in [5.41, 5.74) is 0. The third-order valence-electron chi connectivity index (χ3n) is 3.36. The number of amides is 2. The van der Waals surface area contributed by atoms with Crippen LogP contribution in [0.4, 0.5) is 0 Å². The van der Waals surface area contributed by atoms with Crippen molar-refractivity contribution in [2.75, 3.05) is 13.1 Å². The molecule has 0 aromatic carbocycles. The van der Waals surface area contributed by atoms with Gasteiger partial charge in [-0.3, -0.25) is 9.59 Å². The minimum absolute atomic E-state index is 0.0128. The maximum atomic E-state index is 11.9. The Hall–Kier alpha value is -1.06. The summed E-state index contributed by atoms with van der Waals surface area (Å²) >= 11 is 0. The molecule has 1 heterocycles. The fourth-order valence-electron chi connectivity index (χ4n) is 2.37. The van der Waals surface area contributed by atoms with Crippen molar-refractivity contribution in [3.63, 3.8) is 0 Å². The lowest BCUT2D eigenvalue weighted by Crippen LogP contribution is -2.58. The minimum Gasteiger partial charge on any atom is -0.345 e. The quantitative estimate of drug-likeness (QED) is 0.706. The van der Waals surface area contributed by atoms with Crippen LogP contribution in [0.5, 0.6) is 0 Å².